The lowest BCUT2D eigenvalue weighted by Gasteiger charge is -2.14. The summed E-state index contributed by atoms with van der Waals surface area (Å²) >= 11 is 0. The topological polar surface area (TPSA) is 61.5 Å². The molecule has 2 rings (SSSR count). The first-order chi connectivity index (χ1) is 10.7. The number of carbonyl (C=O) groups is 1. The van der Waals surface area contributed by atoms with Crippen molar-refractivity contribution in [3.05, 3.63) is 59.7 Å². The monoisotopic (exact) mass is 361 g/mol. The van der Waals surface area contributed by atoms with Gasteiger partial charge in [0, 0.05) is 6.92 Å². The van der Waals surface area contributed by atoms with Gasteiger partial charge >= 0.3 is 12.3 Å². The van der Waals surface area contributed by atoms with Crippen LogP contribution in [0.15, 0.2) is 48.5 Å². The zero-order valence-corrected chi connectivity index (χ0v) is 13.4. The van der Waals surface area contributed by atoms with Crippen LogP contribution in [0, 0.1) is 0 Å². The van der Waals surface area contributed by atoms with Gasteiger partial charge in [0.1, 0.15) is 11.5 Å². The van der Waals surface area contributed by atoms with Crippen molar-refractivity contribution in [1.29, 1.82) is 0 Å². The first-order valence-corrected chi connectivity index (χ1v) is 6.64. The molecule has 4 nitrogen and oxygen atoms in total. The highest BCUT2D eigenvalue weighted by Crippen LogP contribution is 2.26. The Kier molecular flexibility index (Phi) is 6.62. The number of ether oxygens (including phenoxy) is 2. The Morgan fingerprint density at radius 2 is 1.38 bits per heavy atom. The van der Waals surface area contributed by atoms with Crippen LogP contribution < -0.4 is 15.2 Å². The average molecular weight is 362 g/mol. The van der Waals surface area contributed by atoms with Crippen LogP contribution in [-0.4, -0.2) is 12.3 Å². The van der Waals surface area contributed by atoms with Crippen LogP contribution in [0.25, 0.3) is 0 Å². The summed E-state index contributed by atoms with van der Waals surface area (Å²) in [6.45, 7) is 1.30. The smallest absolute Gasteiger partial charge is 0.427 e. The van der Waals surface area contributed by atoms with E-state index in [-0.39, 0.29) is 18.2 Å². The Morgan fingerprint density at radius 1 is 0.958 bits per heavy atom. The maximum Gasteiger partial charge on any atom is 0.573 e. The Hall–Kier alpha value is -2.25. The molecule has 2 aromatic carbocycles. The van der Waals surface area contributed by atoms with Crippen molar-refractivity contribution >= 4 is 18.4 Å². The molecule has 0 saturated heterocycles. The lowest BCUT2D eigenvalue weighted by Crippen LogP contribution is -2.17. The minimum absolute atomic E-state index is 0. The number of benzene rings is 2. The van der Waals surface area contributed by atoms with Crippen LogP contribution in [0.1, 0.15) is 24.1 Å². The van der Waals surface area contributed by atoms with Gasteiger partial charge in [-0.2, -0.15) is 0 Å². The highest BCUT2D eigenvalue weighted by molar-refractivity contribution is 5.85. The van der Waals surface area contributed by atoms with Gasteiger partial charge in [-0.25, -0.2) is 0 Å². The molecular weight excluding hydrogens is 347 g/mol. The minimum Gasteiger partial charge on any atom is -0.427 e. The van der Waals surface area contributed by atoms with Gasteiger partial charge < -0.3 is 15.2 Å². The van der Waals surface area contributed by atoms with Crippen LogP contribution in [-0.2, 0) is 4.79 Å². The Labute approximate surface area is 142 Å². The van der Waals surface area contributed by atoms with E-state index in [0.29, 0.717) is 11.3 Å². The first kappa shape index (κ1) is 19.8. The molecule has 0 radical (unpaired) electrons. The van der Waals surface area contributed by atoms with Crippen molar-refractivity contribution in [2.75, 3.05) is 0 Å². The van der Waals surface area contributed by atoms with E-state index >= 15 is 0 Å². The molecule has 0 aromatic heterocycles. The molecule has 0 aliphatic carbocycles. The minimum atomic E-state index is -4.73. The summed E-state index contributed by atoms with van der Waals surface area (Å²) < 4.78 is 45.1. The fourth-order valence-corrected chi connectivity index (χ4v) is 1.98. The lowest BCUT2D eigenvalue weighted by molar-refractivity contribution is -0.274. The summed E-state index contributed by atoms with van der Waals surface area (Å²) in [5.74, 6) is -0.344. The molecule has 0 aliphatic rings. The molecule has 24 heavy (non-hydrogen) atoms. The molecule has 0 amide bonds. The molecule has 0 saturated carbocycles. The van der Waals surface area contributed by atoms with Crippen molar-refractivity contribution in [3.63, 3.8) is 0 Å². The van der Waals surface area contributed by atoms with E-state index in [4.69, 9.17) is 10.5 Å². The van der Waals surface area contributed by atoms with Crippen LogP contribution >= 0.6 is 12.4 Å². The molecule has 0 bridgehead atoms. The molecule has 2 aromatic rings. The second kappa shape index (κ2) is 8.03. The van der Waals surface area contributed by atoms with Gasteiger partial charge in [-0.3, -0.25) is 4.79 Å². The van der Waals surface area contributed by atoms with Crippen LogP contribution in [0.5, 0.6) is 11.5 Å². The van der Waals surface area contributed by atoms with Gasteiger partial charge in [0.2, 0.25) is 0 Å². The zero-order chi connectivity index (χ0) is 17.0. The number of carbonyl (C=O) groups excluding carboxylic acids is 1. The number of alkyl halides is 3. The molecule has 8 heteroatoms. The lowest BCUT2D eigenvalue weighted by atomic mass is 9.99. The van der Waals surface area contributed by atoms with Crippen LogP contribution in [0.4, 0.5) is 13.2 Å². The van der Waals surface area contributed by atoms with Gasteiger partial charge in [-0.15, -0.1) is 25.6 Å². The quantitative estimate of drug-likeness (QED) is 0.661. The molecule has 0 aliphatic heterocycles. The van der Waals surface area contributed by atoms with Crippen molar-refractivity contribution in [2.45, 2.75) is 19.3 Å². The number of nitrogens with two attached hydrogens (primary N) is 1. The third-order valence-electron chi connectivity index (χ3n) is 2.97. The Balaban J connectivity index is 0.00000288. The standard InChI is InChI=1S/C16H14F3NO3.ClH/c1-10(21)22-13-6-2-11(3-7-13)15(20)12-4-8-14(9-5-12)23-16(17,18)19;/h2-9,15H,20H2,1H3;1H/t15-;/m0./s1. The van der Waals surface area contributed by atoms with E-state index in [1.54, 1.807) is 24.3 Å². The molecule has 0 fully saturated rings. The van der Waals surface area contributed by atoms with Gasteiger partial charge in [0.15, 0.2) is 0 Å². The number of esters is 1. The van der Waals surface area contributed by atoms with E-state index in [1.165, 1.54) is 31.2 Å². The second-order valence-corrected chi connectivity index (χ2v) is 4.76. The maximum absolute atomic E-state index is 12.1. The van der Waals surface area contributed by atoms with E-state index < -0.39 is 18.4 Å². The third-order valence-corrected chi connectivity index (χ3v) is 2.97. The predicted molar refractivity (Wildman–Crippen MR) is 84.2 cm³/mol. The van der Waals surface area contributed by atoms with E-state index in [1.807, 2.05) is 0 Å². The van der Waals surface area contributed by atoms with Crippen molar-refractivity contribution in [3.8, 4) is 11.5 Å². The fourth-order valence-electron chi connectivity index (χ4n) is 1.98. The van der Waals surface area contributed by atoms with Gasteiger partial charge in [-0.1, -0.05) is 24.3 Å². The third kappa shape index (κ3) is 5.75. The van der Waals surface area contributed by atoms with E-state index in [2.05, 4.69) is 4.74 Å². The largest absolute Gasteiger partial charge is 0.573 e. The summed E-state index contributed by atoms with van der Waals surface area (Å²) in [7, 11) is 0. The SMILES string of the molecule is CC(=O)Oc1ccc([C@H](N)c2ccc(OC(F)(F)F)cc2)cc1.Cl. The molecule has 130 valence electrons. The predicted octanol–water partition coefficient (Wildman–Crippen LogP) is 3.98. The molecular formula is C16H15ClF3NO3. The summed E-state index contributed by atoms with van der Waals surface area (Å²) in [6, 6.07) is 11.4. The number of hydrogen-bond acceptors (Lipinski definition) is 4. The Bertz CT molecular complexity index is 672. The van der Waals surface area contributed by atoms with Crippen molar-refractivity contribution in [2.24, 2.45) is 5.73 Å². The highest BCUT2D eigenvalue weighted by atomic mass is 35.5. The summed E-state index contributed by atoms with van der Waals surface area (Å²) in [6.07, 6.45) is -4.73. The van der Waals surface area contributed by atoms with Crippen molar-refractivity contribution < 1.29 is 27.4 Å². The molecule has 0 unspecified atom stereocenters. The molecule has 0 heterocycles. The van der Waals surface area contributed by atoms with Gasteiger partial charge in [0.25, 0.3) is 0 Å². The summed E-state index contributed by atoms with van der Waals surface area (Å²) in [5.41, 5.74) is 7.43. The second-order valence-electron chi connectivity index (χ2n) is 4.76. The molecule has 1 atom stereocenters. The zero-order valence-electron chi connectivity index (χ0n) is 12.5. The summed E-state index contributed by atoms with van der Waals surface area (Å²) in [4.78, 5) is 10.8. The average Bonchev–Trinajstić information content (AvgIpc) is 2.46. The fraction of sp³-hybridized carbons (Fsp3) is 0.188. The molecule has 0 spiro atoms. The van der Waals surface area contributed by atoms with Crippen LogP contribution in [0.3, 0.4) is 0 Å². The highest BCUT2D eigenvalue weighted by Gasteiger charge is 2.31. The molecule has 2 N–H and O–H groups in total. The Morgan fingerprint density at radius 3 is 1.75 bits per heavy atom. The summed E-state index contributed by atoms with van der Waals surface area (Å²) in [5, 5.41) is 0. The van der Waals surface area contributed by atoms with Gasteiger partial charge in [0.05, 0.1) is 6.04 Å². The van der Waals surface area contributed by atoms with Crippen molar-refractivity contribution in [1.82, 2.24) is 0 Å². The van der Waals surface area contributed by atoms with Gasteiger partial charge in [-0.05, 0) is 35.4 Å². The first-order valence-electron chi connectivity index (χ1n) is 6.64. The van der Waals surface area contributed by atoms with E-state index in [0.717, 1.165) is 5.56 Å². The number of rotatable bonds is 4. The van der Waals surface area contributed by atoms with E-state index in [9.17, 15) is 18.0 Å². The maximum atomic E-state index is 12.1. The number of hydrogen-bond donors (Lipinski definition) is 1. The van der Waals surface area contributed by atoms with Crippen LogP contribution in [0.2, 0.25) is 0 Å². The number of halogens is 4. The normalized spacial score (nSPS) is 12.0.